The highest BCUT2D eigenvalue weighted by Crippen LogP contribution is 2.30. The van der Waals surface area contributed by atoms with Crippen molar-refractivity contribution in [2.24, 2.45) is 5.92 Å². The summed E-state index contributed by atoms with van der Waals surface area (Å²) >= 11 is 0. The van der Waals surface area contributed by atoms with Crippen molar-refractivity contribution in [1.82, 2.24) is 14.7 Å². The van der Waals surface area contributed by atoms with E-state index in [2.05, 4.69) is 10.00 Å². The van der Waals surface area contributed by atoms with Gasteiger partial charge in [0.05, 0.1) is 20.3 Å². The molecule has 0 radical (unpaired) electrons. The number of rotatable bonds is 7. The van der Waals surface area contributed by atoms with Crippen molar-refractivity contribution in [3.63, 3.8) is 0 Å². The monoisotopic (exact) mass is 345 g/mol. The van der Waals surface area contributed by atoms with E-state index in [0.717, 1.165) is 43.8 Å². The number of piperidine rings is 1. The molecule has 3 rings (SSSR count). The van der Waals surface area contributed by atoms with Crippen LogP contribution in [-0.4, -0.2) is 53.6 Å². The van der Waals surface area contributed by atoms with Crippen LogP contribution in [0.4, 0.5) is 0 Å². The molecule has 25 heavy (non-hydrogen) atoms. The van der Waals surface area contributed by atoms with Crippen molar-refractivity contribution in [3.05, 3.63) is 42.2 Å². The Bertz CT molecular complexity index is 652. The van der Waals surface area contributed by atoms with Crippen LogP contribution < -0.4 is 9.47 Å². The van der Waals surface area contributed by atoms with Crippen LogP contribution in [0.15, 0.2) is 36.7 Å². The van der Waals surface area contributed by atoms with Crippen molar-refractivity contribution in [3.8, 4) is 11.5 Å². The van der Waals surface area contributed by atoms with Gasteiger partial charge in [0.1, 0.15) is 11.5 Å². The molecule has 1 N–H and O–H groups in total. The first-order valence-electron chi connectivity index (χ1n) is 8.79. The highest BCUT2D eigenvalue weighted by Gasteiger charge is 2.23. The van der Waals surface area contributed by atoms with Crippen molar-refractivity contribution < 1.29 is 14.6 Å². The fraction of sp³-hybridized carbons (Fsp3) is 0.526. The minimum absolute atomic E-state index is 0.590. The maximum Gasteiger partial charge on any atom is 0.124 e. The molecule has 6 nitrogen and oxygen atoms in total. The number of aliphatic hydroxyl groups is 1. The molecule has 1 fully saturated rings. The Labute approximate surface area is 149 Å². The van der Waals surface area contributed by atoms with Crippen molar-refractivity contribution in [1.29, 1.82) is 0 Å². The van der Waals surface area contributed by atoms with Crippen LogP contribution in [0.25, 0.3) is 0 Å². The van der Waals surface area contributed by atoms with Crippen LogP contribution in [0.3, 0.4) is 0 Å². The predicted octanol–water partition coefficient (Wildman–Crippen LogP) is 2.35. The zero-order valence-electron chi connectivity index (χ0n) is 15.0. The number of nitrogens with zero attached hydrogens (tertiary/aromatic N) is 3. The lowest BCUT2D eigenvalue weighted by atomic mass is 9.96. The van der Waals surface area contributed by atoms with E-state index in [0.29, 0.717) is 18.2 Å². The molecule has 0 saturated carbocycles. The van der Waals surface area contributed by atoms with Crippen molar-refractivity contribution >= 4 is 0 Å². The summed E-state index contributed by atoms with van der Waals surface area (Å²) in [6.45, 7) is 3.58. The Morgan fingerprint density at radius 2 is 2.04 bits per heavy atom. The molecule has 1 aromatic heterocycles. The molecule has 1 aliphatic rings. The minimum Gasteiger partial charge on any atom is -0.497 e. The molecule has 1 aromatic carbocycles. The van der Waals surface area contributed by atoms with Gasteiger partial charge in [-0.2, -0.15) is 5.10 Å². The lowest BCUT2D eigenvalue weighted by molar-refractivity contribution is 0.0843. The van der Waals surface area contributed by atoms with Gasteiger partial charge < -0.3 is 19.5 Å². The molecule has 136 valence electrons. The molecule has 1 unspecified atom stereocenters. The van der Waals surface area contributed by atoms with Crippen LogP contribution >= 0.6 is 0 Å². The van der Waals surface area contributed by atoms with Gasteiger partial charge in [0, 0.05) is 31.0 Å². The van der Waals surface area contributed by atoms with Gasteiger partial charge in [0.2, 0.25) is 0 Å². The molecule has 0 spiro atoms. The molecule has 1 atom stereocenters. The Kier molecular flexibility index (Phi) is 5.94. The quantitative estimate of drug-likeness (QED) is 0.835. The van der Waals surface area contributed by atoms with Crippen molar-refractivity contribution in [2.45, 2.75) is 25.5 Å². The number of aliphatic hydroxyl groups excluding tert-OH is 1. The summed E-state index contributed by atoms with van der Waals surface area (Å²) in [5.74, 6) is 2.08. The molecule has 0 amide bonds. The van der Waals surface area contributed by atoms with Gasteiger partial charge >= 0.3 is 0 Å². The third-order valence-electron chi connectivity index (χ3n) is 4.94. The zero-order valence-corrected chi connectivity index (χ0v) is 15.0. The van der Waals surface area contributed by atoms with E-state index >= 15 is 0 Å². The van der Waals surface area contributed by atoms with E-state index in [-0.39, 0.29) is 0 Å². The van der Waals surface area contributed by atoms with Crippen LogP contribution in [-0.2, 0) is 6.54 Å². The number of likely N-dealkylation sites (tertiary alicyclic amines) is 1. The third kappa shape index (κ3) is 4.52. The first kappa shape index (κ1) is 17.8. The fourth-order valence-corrected chi connectivity index (χ4v) is 3.47. The molecule has 2 heterocycles. The lowest BCUT2D eigenvalue weighted by Gasteiger charge is -2.33. The summed E-state index contributed by atoms with van der Waals surface area (Å²) in [4.78, 5) is 2.32. The predicted molar refractivity (Wildman–Crippen MR) is 95.9 cm³/mol. The van der Waals surface area contributed by atoms with E-state index in [1.165, 1.54) is 0 Å². The second-order valence-corrected chi connectivity index (χ2v) is 6.60. The topological polar surface area (TPSA) is 59.8 Å². The smallest absolute Gasteiger partial charge is 0.124 e. The van der Waals surface area contributed by atoms with E-state index in [1.54, 1.807) is 14.2 Å². The largest absolute Gasteiger partial charge is 0.497 e. The van der Waals surface area contributed by atoms with E-state index < -0.39 is 6.10 Å². The van der Waals surface area contributed by atoms with Gasteiger partial charge in [-0.3, -0.25) is 4.68 Å². The number of hydrogen-bond acceptors (Lipinski definition) is 5. The minimum atomic E-state index is -0.590. The summed E-state index contributed by atoms with van der Waals surface area (Å²) in [5.41, 5.74) is 0.778. The molecule has 1 aliphatic heterocycles. The highest BCUT2D eigenvalue weighted by molar-refractivity contribution is 5.41. The highest BCUT2D eigenvalue weighted by atomic mass is 16.5. The number of methoxy groups -OCH3 is 2. The Balaban J connectivity index is 1.55. The average molecular weight is 345 g/mol. The molecule has 2 aromatic rings. The normalized spacial score (nSPS) is 17.4. The Hall–Kier alpha value is -2.05. The number of aromatic nitrogens is 2. The Morgan fingerprint density at radius 3 is 2.68 bits per heavy atom. The molecule has 1 saturated heterocycles. The number of ether oxygens (including phenoxy) is 2. The molecule has 0 bridgehead atoms. The van der Waals surface area contributed by atoms with Crippen LogP contribution in [0.5, 0.6) is 11.5 Å². The molecular weight excluding hydrogens is 318 g/mol. The number of β-amino-alcohol motifs (C(OH)–C–C–N with tert-alkyl or cyclic N) is 1. The number of benzene rings is 1. The maximum absolute atomic E-state index is 10.7. The van der Waals surface area contributed by atoms with Gasteiger partial charge in [0.25, 0.3) is 0 Å². The second kappa shape index (κ2) is 8.36. The number of hydrogen-bond donors (Lipinski definition) is 1. The second-order valence-electron chi connectivity index (χ2n) is 6.60. The van der Waals surface area contributed by atoms with Gasteiger partial charge in [-0.05, 0) is 56.1 Å². The molecular formula is C19H27N3O3. The summed E-state index contributed by atoms with van der Waals surface area (Å²) in [7, 11) is 3.25. The molecule has 0 aliphatic carbocycles. The summed E-state index contributed by atoms with van der Waals surface area (Å²) in [6.07, 6.45) is 5.51. The SMILES string of the molecule is COc1ccc(OC)c(C(O)CN2CCC(Cn3cccn3)CC2)c1. The maximum atomic E-state index is 10.7. The Morgan fingerprint density at radius 1 is 1.24 bits per heavy atom. The van der Waals surface area contributed by atoms with Gasteiger partial charge in [-0.25, -0.2) is 0 Å². The van der Waals surface area contributed by atoms with Crippen molar-refractivity contribution in [2.75, 3.05) is 33.9 Å². The van der Waals surface area contributed by atoms with E-state index in [9.17, 15) is 5.11 Å². The van der Waals surface area contributed by atoms with Crippen LogP contribution in [0.2, 0.25) is 0 Å². The summed E-state index contributed by atoms with van der Waals surface area (Å²) < 4.78 is 12.7. The first-order valence-corrected chi connectivity index (χ1v) is 8.79. The molecule has 6 heteroatoms. The summed E-state index contributed by atoms with van der Waals surface area (Å²) in [6, 6.07) is 7.50. The van der Waals surface area contributed by atoms with Crippen LogP contribution in [0, 0.1) is 5.92 Å². The summed E-state index contributed by atoms with van der Waals surface area (Å²) in [5, 5.41) is 15.0. The third-order valence-corrected chi connectivity index (χ3v) is 4.94. The van der Waals surface area contributed by atoms with Gasteiger partial charge in [-0.1, -0.05) is 0 Å². The zero-order chi connectivity index (χ0) is 17.6. The first-order chi connectivity index (χ1) is 12.2. The van der Waals surface area contributed by atoms with Gasteiger partial charge in [-0.15, -0.1) is 0 Å². The van der Waals surface area contributed by atoms with Crippen LogP contribution in [0.1, 0.15) is 24.5 Å². The van der Waals surface area contributed by atoms with E-state index in [1.807, 2.05) is 41.3 Å². The lowest BCUT2D eigenvalue weighted by Crippen LogP contribution is -2.37. The average Bonchev–Trinajstić information content (AvgIpc) is 3.15. The van der Waals surface area contributed by atoms with Gasteiger partial charge in [0.15, 0.2) is 0 Å². The fourth-order valence-electron chi connectivity index (χ4n) is 3.47. The van der Waals surface area contributed by atoms with E-state index in [4.69, 9.17) is 9.47 Å². The standard InChI is InChI=1S/C19H27N3O3/c1-24-16-4-5-19(25-2)17(12-16)18(23)14-21-10-6-15(7-11-21)13-22-9-3-8-20-22/h3-5,8-9,12,15,18,23H,6-7,10-11,13-14H2,1-2H3.